The molecular formula is C21H31N7. The lowest BCUT2D eigenvalue weighted by molar-refractivity contribution is 0.611. The first kappa shape index (κ1) is 19.9. The minimum atomic E-state index is 0.269. The lowest BCUT2D eigenvalue weighted by Crippen LogP contribution is -2.43. The summed E-state index contributed by atoms with van der Waals surface area (Å²) >= 11 is 0. The number of imidazole rings is 1. The van der Waals surface area contributed by atoms with Gasteiger partial charge in [0.1, 0.15) is 0 Å². The summed E-state index contributed by atoms with van der Waals surface area (Å²) in [5.74, 6) is 0.835. The molecule has 3 aromatic rings. The molecule has 1 unspecified atom stereocenters. The highest BCUT2D eigenvalue weighted by Gasteiger charge is 2.14. The maximum Gasteiger partial charge on any atom is 0.191 e. The van der Waals surface area contributed by atoms with Crippen molar-refractivity contribution in [3.8, 4) is 0 Å². The number of para-hydroxylation sites is 2. The minimum Gasteiger partial charge on any atom is -0.356 e. The summed E-state index contributed by atoms with van der Waals surface area (Å²) in [7, 11) is 3.81. The van der Waals surface area contributed by atoms with Crippen molar-refractivity contribution in [3.05, 3.63) is 47.5 Å². The molecule has 0 spiro atoms. The Morgan fingerprint density at radius 1 is 1.25 bits per heavy atom. The van der Waals surface area contributed by atoms with Gasteiger partial charge in [-0.05, 0) is 51.3 Å². The van der Waals surface area contributed by atoms with E-state index in [0.29, 0.717) is 0 Å². The predicted molar refractivity (Wildman–Crippen MR) is 115 cm³/mol. The van der Waals surface area contributed by atoms with Crippen molar-refractivity contribution in [3.63, 3.8) is 0 Å². The first-order chi connectivity index (χ1) is 13.5. The molecule has 0 bridgehead atoms. The summed E-state index contributed by atoms with van der Waals surface area (Å²) in [6.07, 6.45) is 3.84. The van der Waals surface area contributed by atoms with Crippen LogP contribution in [0, 0.1) is 13.8 Å². The third kappa shape index (κ3) is 4.52. The second-order valence-corrected chi connectivity index (χ2v) is 7.30. The van der Waals surface area contributed by atoms with Gasteiger partial charge in [0, 0.05) is 38.9 Å². The smallest absolute Gasteiger partial charge is 0.191 e. The van der Waals surface area contributed by atoms with Crippen LogP contribution in [0.3, 0.4) is 0 Å². The number of benzene rings is 1. The molecule has 28 heavy (non-hydrogen) atoms. The number of nitrogens with one attached hydrogen (secondary N) is 2. The fraction of sp³-hybridized carbons (Fsp3) is 0.476. The predicted octanol–water partition coefficient (Wildman–Crippen LogP) is 2.57. The van der Waals surface area contributed by atoms with Crippen LogP contribution in [0.5, 0.6) is 0 Å². The Kier molecular flexibility index (Phi) is 6.34. The van der Waals surface area contributed by atoms with Crippen molar-refractivity contribution >= 4 is 17.0 Å². The Morgan fingerprint density at radius 3 is 2.75 bits per heavy atom. The van der Waals surface area contributed by atoms with E-state index in [1.807, 2.05) is 37.2 Å². The number of nitrogens with zero attached hydrogens (tertiary/aromatic N) is 5. The molecular weight excluding hydrogens is 350 g/mol. The van der Waals surface area contributed by atoms with Crippen LogP contribution in [0.15, 0.2) is 35.6 Å². The van der Waals surface area contributed by atoms with Crippen molar-refractivity contribution in [1.29, 1.82) is 0 Å². The molecule has 150 valence electrons. The molecule has 0 aliphatic heterocycles. The SMILES string of the molecule is CN=C(NCCCn1cnc2ccccc21)NC(C)Cc1c(C)nn(C)c1C. The molecule has 0 aliphatic rings. The Labute approximate surface area is 166 Å². The highest BCUT2D eigenvalue weighted by molar-refractivity contribution is 5.80. The Morgan fingerprint density at radius 2 is 2.04 bits per heavy atom. The van der Waals surface area contributed by atoms with E-state index in [-0.39, 0.29) is 6.04 Å². The zero-order chi connectivity index (χ0) is 20.1. The topological polar surface area (TPSA) is 72.1 Å². The first-order valence-corrected chi connectivity index (χ1v) is 9.85. The largest absolute Gasteiger partial charge is 0.356 e. The molecule has 3 rings (SSSR count). The normalized spacial score (nSPS) is 13.1. The molecule has 2 aromatic heterocycles. The van der Waals surface area contributed by atoms with Gasteiger partial charge < -0.3 is 15.2 Å². The Hall–Kier alpha value is -2.83. The molecule has 0 fully saturated rings. The maximum atomic E-state index is 4.51. The number of guanidine groups is 1. The van der Waals surface area contributed by atoms with E-state index in [9.17, 15) is 0 Å². The molecule has 0 amide bonds. The van der Waals surface area contributed by atoms with E-state index in [1.54, 1.807) is 0 Å². The molecule has 7 nitrogen and oxygen atoms in total. The summed E-state index contributed by atoms with van der Waals surface area (Å²) in [6, 6.07) is 8.50. The summed E-state index contributed by atoms with van der Waals surface area (Å²) in [5, 5.41) is 11.4. The van der Waals surface area contributed by atoms with Crippen molar-refractivity contribution < 1.29 is 0 Å². The van der Waals surface area contributed by atoms with Gasteiger partial charge in [0.15, 0.2) is 5.96 Å². The van der Waals surface area contributed by atoms with Crippen LogP contribution in [0.25, 0.3) is 11.0 Å². The monoisotopic (exact) mass is 381 g/mol. The highest BCUT2D eigenvalue weighted by atomic mass is 15.3. The van der Waals surface area contributed by atoms with Crippen LogP contribution in [0.4, 0.5) is 0 Å². The molecule has 2 heterocycles. The molecule has 0 saturated heterocycles. The quantitative estimate of drug-likeness (QED) is 0.375. The Bertz CT molecular complexity index is 951. The molecule has 0 saturated carbocycles. The van der Waals surface area contributed by atoms with E-state index in [1.165, 1.54) is 16.8 Å². The molecule has 1 aromatic carbocycles. The van der Waals surface area contributed by atoms with Crippen molar-refractivity contribution in [1.82, 2.24) is 30.0 Å². The van der Waals surface area contributed by atoms with Crippen molar-refractivity contribution in [2.24, 2.45) is 12.0 Å². The summed E-state index contributed by atoms with van der Waals surface area (Å²) < 4.78 is 4.15. The van der Waals surface area contributed by atoms with E-state index < -0.39 is 0 Å². The second-order valence-electron chi connectivity index (χ2n) is 7.30. The lowest BCUT2D eigenvalue weighted by Gasteiger charge is -2.18. The number of rotatable bonds is 7. The second kappa shape index (κ2) is 8.91. The van der Waals surface area contributed by atoms with E-state index in [4.69, 9.17) is 0 Å². The summed E-state index contributed by atoms with van der Waals surface area (Å²) in [5.41, 5.74) is 5.86. The molecule has 0 aliphatic carbocycles. The first-order valence-electron chi connectivity index (χ1n) is 9.85. The average Bonchev–Trinajstić information content (AvgIpc) is 3.20. The van der Waals surface area contributed by atoms with Crippen LogP contribution in [0.1, 0.15) is 30.3 Å². The van der Waals surface area contributed by atoms with Gasteiger partial charge in [0.2, 0.25) is 0 Å². The van der Waals surface area contributed by atoms with Gasteiger partial charge >= 0.3 is 0 Å². The van der Waals surface area contributed by atoms with Crippen LogP contribution in [0.2, 0.25) is 0 Å². The van der Waals surface area contributed by atoms with Crippen LogP contribution in [-0.4, -0.2) is 44.9 Å². The van der Waals surface area contributed by atoms with Crippen LogP contribution < -0.4 is 10.6 Å². The zero-order valence-corrected chi connectivity index (χ0v) is 17.5. The lowest BCUT2D eigenvalue weighted by atomic mass is 10.1. The molecule has 7 heteroatoms. The molecule has 1 atom stereocenters. The number of aromatic nitrogens is 4. The van der Waals surface area contributed by atoms with Gasteiger partial charge in [-0.25, -0.2) is 4.98 Å². The highest BCUT2D eigenvalue weighted by Crippen LogP contribution is 2.14. The van der Waals surface area contributed by atoms with Crippen LogP contribution >= 0.6 is 0 Å². The van der Waals surface area contributed by atoms with Gasteiger partial charge in [-0.15, -0.1) is 0 Å². The number of aliphatic imine (C=N–C) groups is 1. The average molecular weight is 382 g/mol. The van der Waals surface area contributed by atoms with Gasteiger partial charge in [-0.1, -0.05) is 12.1 Å². The summed E-state index contributed by atoms with van der Waals surface area (Å²) in [4.78, 5) is 8.80. The molecule has 0 radical (unpaired) electrons. The number of fused-ring (bicyclic) bond motifs is 1. The minimum absolute atomic E-state index is 0.269. The van der Waals surface area contributed by atoms with Crippen LogP contribution in [-0.2, 0) is 20.0 Å². The Balaban J connectivity index is 1.46. The maximum absolute atomic E-state index is 4.51. The number of hydrogen-bond donors (Lipinski definition) is 2. The van der Waals surface area contributed by atoms with E-state index >= 15 is 0 Å². The van der Waals surface area contributed by atoms with Gasteiger partial charge in [0.05, 0.1) is 23.1 Å². The van der Waals surface area contributed by atoms with Crippen molar-refractivity contribution in [2.75, 3.05) is 13.6 Å². The third-order valence-electron chi connectivity index (χ3n) is 5.17. The van der Waals surface area contributed by atoms with E-state index in [0.717, 1.165) is 43.1 Å². The molecule has 2 N–H and O–H groups in total. The standard InChI is InChI=1S/C21H31N7/c1-15(13-18-16(2)26-27(5)17(18)3)25-21(22-4)23-11-8-12-28-14-24-19-9-6-7-10-20(19)28/h6-7,9-10,14-15H,8,11-13H2,1-5H3,(H2,22,23,25). The summed E-state index contributed by atoms with van der Waals surface area (Å²) in [6.45, 7) is 8.14. The van der Waals surface area contributed by atoms with E-state index in [2.05, 4.69) is 63.2 Å². The fourth-order valence-electron chi connectivity index (χ4n) is 3.54. The van der Waals surface area contributed by atoms with Gasteiger partial charge in [0.25, 0.3) is 0 Å². The number of aryl methyl sites for hydroxylation is 3. The van der Waals surface area contributed by atoms with Crippen molar-refractivity contribution in [2.45, 2.75) is 46.2 Å². The van der Waals surface area contributed by atoms with Gasteiger partial charge in [-0.2, -0.15) is 5.10 Å². The number of hydrogen-bond acceptors (Lipinski definition) is 3. The zero-order valence-electron chi connectivity index (χ0n) is 17.5. The van der Waals surface area contributed by atoms with Gasteiger partial charge in [-0.3, -0.25) is 9.67 Å². The third-order valence-corrected chi connectivity index (χ3v) is 5.17. The fourth-order valence-corrected chi connectivity index (χ4v) is 3.54.